The molecule has 0 radical (unpaired) electrons. The van der Waals surface area contributed by atoms with Gasteiger partial charge in [0.2, 0.25) is 0 Å². The first kappa shape index (κ1) is 12.7. The quantitative estimate of drug-likeness (QED) is 0.466. The van der Waals surface area contributed by atoms with Gasteiger partial charge in [0.25, 0.3) is 0 Å². The average molecular weight is 262 g/mol. The Morgan fingerprint density at radius 3 is 2.12 bits per heavy atom. The van der Waals surface area contributed by atoms with E-state index in [9.17, 15) is 30.4 Å². The summed E-state index contributed by atoms with van der Waals surface area (Å²) in [6.07, 6.45) is 0. The predicted octanol–water partition coefficient (Wildman–Crippen LogP) is 2.19. The smallest absolute Gasteiger partial charge is 0.373 e. The zero-order valence-electron chi connectivity index (χ0n) is 7.25. The molecule has 0 aliphatic heterocycles. The molecule has 0 saturated carbocycles. The molecule has 0 aliphatic carbocycles. The molecule has 0 aliphatic rings. The second-order valence-corrected chi connectivity index (χ2v) is 4.10. The molecule has 0 aromatic heterocycles. The minimum absolute atomic E-state index is 0.196. The molecule has 0 atom stereocenters. The zero-order chi connectivity index (χ0) is 12.6. The number of benzene rings is 1. The van der Waals surface area contributed by atoms with Gasteiger partial charge in [-0.15, -0.1) is 0 Å². The minimum Gasteiger partial charge on any atom is -0.373 e. The maximum atomic E-state index is 12.8. The molecule has 1 aromatic carbocycles. The van der Waals surface area contributed by atoms with Crippen molar-refractivity contribution >= 4 is 10.1 Å². The summed E-state index contributed by atoms with van der Waals surface area (Å²) in [5, 5.41) is 0. The van der Waals surface area contributed by atoms with E-state index in [-0.39, 0.29) is 6.07 Å². The number of hydrogen-bond donors (Lipinski definition) is 0. The van der Waals surface area contributed by atoms with Crippen LogP contribution in [0.5, 0.6) is 5.75 Å². The molecule has 1 rings (SSSR count). The van der Waals surface area contributed by atoms with Crippen molar-refractivity contribution < 1.29 is 34.6 Å². The molecule has 0 saturated heterocycles. The lowest BCUT2D eigenvalue weighted by molar-refractivity contribution is -0.0500. The molecule has 0 fully saturated rings. The molecule has 1 aromatic rings. The first-order valence-corrected chi connectivity index (χ1v) is 5.00. The van der Waals surface area contributed by atoms with Gasteiger partial charge in [-0.05, 0) is 12.1 Å². The molecule has 3 nitrogen and oxygen atoms in total. The summed E-state index contributed by atoms with van der Waals surface area (Å²) in [6.45, 7) is 0. The lowest BCUT2D eigenvalue weighted by Crippen LogP contribution is -2.28. The molecule has 0 amide bonds. The summed E-state index contributed by atoms with van der Waals surface area (Å²) >= 11 is 0. The van der Waals surface area contributed by atoms with E-state index in [2.05, 4.69) is 4.18 Å². The summed E-state index contributed by atoms with van der Waals surface area (Å²) in [4.78, 5) is 0. The second kappa shape index (κ2) is 3.89. The van der Waals surface area contributed by atoms with Gasteiger partial charge in [-0.25, -0.2) is 8.78 Å². The lowest BCUT2D eigenvalue weighted by atomic mass is 10.3. The van der Waals surface area contributed by atoms with Crippen LogP contribution in [0.4, 0.5) is 22.0 Å². The Hall–Kier alpha value is -1.38. The Morgan fingerprint density at radius 2 is 1.69 bits per heavy atom. The normalized spacial score (nSPS) is 12.6. The van der Waals surface area contributed by atoms with Crippen molar-refractivity contribution in [3.05, 3.63) is 29.8 Å². The lowest BCUT2D eigenvalue weighted by Gasteiger charge is -2.09. The average Bonchev–Trinajstić information content (AvgIpc) is 2.08. The molecule has 0 bridgehead atoms. The summed E-state index contributed by atoms with van der Waals surface area (Å²) in [5.41, 5.74) is -5.67. The standard InChI is InChI=1S/C7H3F5O3S/c8-4-1-2-6(5(9)3-4)15-16(13,14)7(10,11)12/h1-3H. The topological polar surface area (TPSA) is 43.4 Å². The summed E-state index contributed by atoms with van der Waals surface area (Å²) in [6, 6.07) is 1.19. The fourth-order valence-corrected chi connectivity index (χ4v) is 1.17. The van der Waals surface area contributed by atoms with Crippen molar-refractivity contribution in [3.8, 4) is 5.75 Å². The van der Waals surface area contributed by atoms with Crippen LogP contribution in [0.25, 0.3) is 0 Å². The van der Waals surface area contributed by atoms with Crippen LogP contribution in [0.3, 0.4) is 0 Å². The molecule has 0 heterocycles. The molecule has 0 N–H and O–H groups in total. The maximum absolute atomic E-state index is 12.8. The molecule has 9 heteroatoms. The number of rotatable bonds is 2. The first-order valence-electron chi connectivity index (χ1n) is 3.59. The highest BCUT2D eigenvalue weighted by molar-refractivity contribution is 7.87. The van der Waals surface area contributed by atoms with E-state index in [1.165, 1.54) is 0 Å². The molecule has 0 unspecified atom stereocenters. The van der Waals surface area contributed by atoms with Crippen LogP contribution in [-0.2, 0) is 10.1 Å². The van der Waals surface area contributed by atoms with Gasteiger partial charge in [0.1, 0.15) is 5.82 Å². The highest BCUT2D eigenvalue weighted by atomic mass is 32.2. The van der Waals surface area contributed by atoms with E-state index in [1.807, 2.05) is 0 Å². The Kier molecular flexibility index (Phi) is 3.08. The third kappa shape index (κ3) is 2.60. The first-order chi connectivity index (χ1) is 7.13. The van der Waals surface area contributed by atoms with Crippen molar-refractivity contribution in [3.63, 3.8) is 0 Å². The fourth-order valence-electron chi connectivity index (χ4n) is 0.708. The number of halogens is 5. The van der Waals surface area contributed by atoms with Crippen LogP contribution < -0.4 is 4.18 Å². The van der Waals surface area contributed by atoms with E-state index in [0.29, 0.717) is 12.1 Å². The SMILES string of the molecule is O=S(=O)(Oc1ccc(F)cc1F)C(F)(F)F. The highest BCUT2D eigenvalue weighted by Crippen LogP contribution is 2.28. The third-order valence-corrected chi connectivity index (χ3v) is 2.34. The molecular weight excluding hydrogens is 259 g/mol. The third-order valence-electron chi connectivity index (χ3n) is 1.38. The minimum atomic E-state index is -5.95. The summed E-state index contributed by atoms with van der Waals surface area (Å²) in [5.74, 6) is -3.85. The summed E-state index contributed by atoms with van der Waals surface area (Å²) < 4.78 is 84.9. The molecule has 16 heavy (non-hydrogen) atoms. The Balaban J connectivity index is 3.07. The van der Waals surface area contributed by atoms with E-state index < -0.39 is 33.0 Å². The van der Waals surface area contributed by atoms with Gasteiger partial charge in [-0.2, -0.15) is 21.6 Å². The largest absolute Gasteiger partial charge is 0.534 e. The van der Waals surface area contributed by atoms with Crippen LogP contribution in [0.15, 0.2) is 18.2 Å². The van der Waals surface area contributed by atoms with Gasteiger partial charge < -0.3 is 4.18 Å². The van der Waals surface area contributed by atoms with Gasteiger partial charge in [-0.1, -0.05) is 0 Å². The molecular formula is C7H3F5O3S. The Labute approximate surface area is 86.6 Å². The Bertz CT molecular complexity index is 493. The predicted molar refractivity (Wildman–Crippen MR) is 42.0 cm³/mol. The second-order valence-electron chi connectivity index (χ2n) is 2.56. The van der Waals surface area contributed by atoms with Crippen molar-refractivity contribution in [1.29, 1.82) is 0 Å². The van der Waals surface area contributed by atoms with Crippen molar-refractivity contribution in [1.82, 2.24) is 0 Å². The van der Waals surface area contributed by atoms with Gasteiger partial charge in [0, 0.05) is 6.07 Å². The molecule has 0 spiro atoms. The highest BCUT2D eigenvalue weighted by Gasteiger charge is 2.48. The van der Waals surface area contributed by atoms with Gasteiger partial charge in [0.15, 0.2) is 11.6 Å². The van der Waals surface area contributed by atoms with Crippen LogP contribution in [0.2, 0.25) is 0 Å². The monoisotopic (exact) mass is 262 g/mol. The molecule has 90 valence electrons. The number of hydrogen-bond acceptors (Lipinski definition) is 3. The Morgan fingerprint density at radius 1 is 1.12 bits per heavy atom. The van der Waals surface area contributed by atoms with E-state index in [4.69, 9.17) is 0 Å². The van der Waals surface area contributed by atoms with Crippen LogP contribution in [-0.4, -0.2) is 13.9 Å². The van der Waals surface area contributed by atoms with Crippen molar-refractivity contribution in [2.24, 2.45) is 0 Å². The van der Waals surface area contributed by atoms with Crippen LogP contribution >= 0.6 is 0 Å². The van der Waals surface area contributed by atoms with Crippen LogP contribution in [0.1, 0.15) is 0 Å². The van der Waals surface area contributed by atoms with Gasteiger partial charge >= 0.3 is 15.6 Å². The van der Waals surface area contributed by atoms with E-state index in [0.717, 1.165) is 0 Å². The van der Waals surface area contributed by atoms with E-state index in [1.54, 1.807) is 0 Å². The zero-order valence-corrected chi connectivity index (χ0v) is 8.07. The fraction of sp³-hybridized carbons (Fsp3) is 0.143. The summed E-state index contributed by atoms with van der Waals surface area (Å²) in [7, 11) is -5.95. The van der Waals surface area contributed by atoms with Crippen LogP contribution in [0, 0.1) is 11.6 Å². The maximum Gasteiger partial charge on any atom is 0.534 e. The van der Waals surface area contributed by atoms with E-state index >= 15 is 0 Å². The number of alkyl halides is 3. The van der Waals surface area contributed by atoms with Gasteiger partial charge in [-0.3, -0.25) is 0 Å². The van der Waals surface area contributed by atoms with Crippen molar-refractivity contribution in [2.45, 2.75) is 5.51 Å². The van der Waals surface area contributed by atoms with Crippen molar-refractivity contribution in [2.75, 3.05) is 0 Å². The van der Waals surface area contributed by atoms with Gasteiger partial charge in [0.05, 0.1) is 0 Å².